The molecule has 4 saturated carbocycles. The summed E-state index contributed by atoms with van der Waals surface area (Å²) in [4.78, 5) is 0. The predicted molar refractivity (Wildman–Crippen MR) is 108 cm³/mol. The number of aliphatic hydroxyl groups is 1. The van der Waals surface area contributed by atoms with Gasteiger partial charge >= 0.3 is 0 Å². The molecule has 0 spiro atoms. The molecule has 0 radical (unpaired) electrons. The van der Waals surface area contributed by atoms with Gasteiger partial charge in [0.25, 0.3) is 0 Å². The lowest BCUT2D eigenvalue weighted by molar-refractivity contribution is -0.142. The summed E-state index contributed by atoms with van der Waals surface area (Å²) in [7, 11) is 0. The lowest BCUT2D eigenvalue weighted by Gasteiger charge is -2.61. The molecule has 142 valence electrons. The van der Waals surface area contributed by atoms with Crippen LogP contribution in [0.25, 0.3) is 0 Å². The summed E-state index contributed by atoms with van der Waals surface area (Å²) in [5, 5.41) is 11.1. The van der Waals surface area contributed by atoms with Gasteiger partial charge in [-0.05, 0) is 105 Å². The first-order chi connectivity index (χ1) is 12.4. The minimum Gasteiger partial charge on any atom is -0.390 e. The number of rotatable bonds is 0. The molecule has 0 amide bonds. The lowest BCUT2D eigenvalue weighted by Crippen LogP contribution is -2.55. The van der Waals surface area contributed by atoms with Crippen LogP contribution < -0.4 is 0 Å². The van der Waals surface area contributed by atoms with Crippen LogP contribution in [-0.2, 0) is 0 Å². The number of hydrogen-bond donors (Lipinski definition) is 1. The van der Waals surface area contributed by atoms with Gasteiger partial charge in [-0.1, -0.05) is 43.7 Å². The van der Waals surface area contributed by atoms with Crippen molar-refractivity contribution in [1.82, 2.24) is 0 Å². The molecular formula is C25H36O. The molecule has 5 rings (SSSR count). The van der Waals surface area contributed by atoms with Crippen molar-refractivity contribution in [3.8, 4) is 0 Å². The van der Waals surface area contributed by atoms with E-state index in [1.54, 1.807) is 5.57 Å². The second-order valence-electron chi connectivity index (χ2n) is 10.9. The van der Waals surface area contributed by atoms with E-state index < -0.39 is 5.60 Å². The van der Waals surface area contributed by atoms with Crippen LogP contribution in [0.3, 0.4) is 0 Å². The first-order valence-electron chi connectivity index (χ1n) is 11.1. The van der Waals surface area contributed by atoms with Crippen LogP contribution in [0, 0.1) is 34.5 Å². The third-order valence-electron chi connectivity index (χ3n) is 10.2. The molecule has 0 aliphatic heterocycles. The summed E-state index contributed by atoms with van der Waals surface area (Å²) < 4.78 is 0. The zero-order chi connectivity index (χ0) is 18.2. The third kappa shape index (κ3) is 2.19. The maximum Gasteiger partial charge on any atom is 0.0675 e. The van der Waals surface area contributed by atoms with Crippen molar-refractivity contribution >= 4 is 0 Å². The van der Waals surface area contributed by atoms with Crippen LogP contribution in [0.1, 0.15) is 78.6 Å². The van der Waals surface area contributed by atoms with E-state index in [1.165, 1.54) is 56.9 Å². The summed E-state index contributed by atoms with van der Waals surface area (Å²) in [6.45, 7) is 7.19. The van der Waals surface area contributed by atoms with Gasteiger partial charge in [-0.2, -0.15) is 0 Å². The van der Waals surface area contributed by atoms with Crippen LogP contribution in [0.2, 0.25) is 0 Å². The highest BCUT2D eigenvalue weighted by molar-refractivity contribution is 5.44. The van der Waals surface area contributed by atoms with Crippen LogP contribution in [0.5, 0.6) is 0 Å². The molecule has 0 heterocycles. The normalized spacial score (nSPS) is 52.8. The molecule has 26 heavy (non-hydrogen) atoms. The molecule has 0 aromatic carbocycles. The zero-order valence-corrected chi connectivity index (χ0v) is 16.9. The Balaban J connectivity index is 1.42. The maximum atomic E-state index is 11.1. The molecule has 7 atom stereocenters. The highest BCUT2D eigenvalue weighted by atomic mass is 16.3. The smallest absolute Gasteiger partial charge is 0.0675 e. The van der Waals surface area contributed by atoms with E-state index in [-0.39, 0.29) is 5.41 Å². The van der Waals surface area contributed by atoms with Gasteiger partial charge in [0.1, 0.15) is 0 Å². The van der Waals surface area contributed by atoms with E-state index in [4.69, 9.17) is 0 Å². The second kappa shape index (κ2) is 5.60. The Labute approximate surface area is 159 Å². The average molecular weight is 353 g/mol. The Morgan fingerprint density at radius 1 is 0.885 bits per heavy atom. The van der Waals surface area contributed by atoms with Gasteiger partial charge in [-0.15, -0.1) is 0 Å². The molecule has 5 aliphatic carbocycles. The van der Waals surface area contributed by atoms with Crippen LogP contribution in [0.15, 0.2) is 35.5 Å². The molecule has 5 aliphatic rings. The zero-order valence-electron chi connectivity index (χ0n) is 16.9. The first kappa shape index (κ1) is 17.3. The van der Waals surface area contributed by atoms with Gasteiger partial charge in [-0.25, -0.2) is 0 Å². The highest BCUT2D eigenvalue weighted by Gasteiger charge is 2.62. The van der Waals surface area contributed by atoms with E-state index in [2.05, 4.69) is 45.1 Å². The van der Waals surface area contributed by atoms with E-state index in [9.17, 15) is 5.11 Å². The van der Waals surface area contributed by atoms with Crippen LogP contribution in [-0.4, -0.2) is 10.7 Å². The van der Waals surface area contributed by atoms with Gasteiger partial charge < -0.3 is 5.11 Å². The van der Waals surface area contributed by atoms with E-state index in [0.29, 0.717) is 5.41 Å². The van der Waals surface area contributed by atoms with Crippen molar-refractivity contribution in [2.24, 2.45) is 34.5 Å². The molecule has 1 heteroatoms. The molecule has 0 aromatic heterocycles. The Morgan fingerprint density at radius 2 is 1.62 bits per heavy atom. The highest BCUT2D eigenvalue weighted by Crippen LogP contribution is 2.68. The first-order valence-corrected chi connectivity index (χ1v) is 11.1. The maximum absolute atomic E-state index is 11.1. The molecule has 0 saturated heterocycles. The van der Waals surface area contributed by atoms with E-state index in [1.807, 2.05) is 0 Å². The van der Waals surface area contributed by atoms with Crippen LogP contribution >= 0.6 is 0 Å². The summed E-state index contributed by atoms with van der Waals surface area (Å²) in [6.07, 6.45) is 20.8. The summed E-state index contributed by atoms with van der Waals surface area (Å²) >= 11 is 0. The standard InChI is InChI=1S/C25H36O/c1-23-13-10-18(17-6-4-5-7-17)16-19(23)8-9-20-21(23)11-14-24(2)22(20)12-15-25(24,3)26/h4-7,19-22,26H,8-16H2,1-3H3. The fourth-order valence-electron chi connectivity index (χ4n) is 8.19. The monoisotopic (exact) mass is 352 g/mol. The second-order valence-corrected chi connectivity index (χ2v) is 10.9. The van der Waals surface area contributed by atoms with Crippen molar-refractivity contribution < 1.29 is 5.11 Å². The fraction of sp³-hybridized carbons (Fsp3) is 0.760. The van der Waals surface area contributed by atoms with Gasteiger partial charge in [0.05, 0.1) is 5.60 Å². The number of hydrogen-bond acceptors (Lipinski definition) is 1. The Bertz CT molecular complexity index is 681. The van der Waals surface area contributed by atoms with Gasteiger partial charge in [0.2, 0.25) is 0 Å². The largest absolute Gasteiger partial charge is 0.390 e. The van der Waals surface area contributed by atoms with Crippen molar-refractivity contribution in [2.75, 3.05) is 0 Å². The molecule has 0 aromatic rings. The van der Waals surface area contributed by atoms with Crippen molar-refractivity contribution in [2.45, 2.75) is 84.2 Å². The van der Waals surface area contributed by atoms with Crippen LogP contribution in [0.4, 0.5) is 0 Å². The van der Waals surface area contributed by atoms with Gasteiger partial charge in [-0.3, -0.25) is 0 Å². The molecule has 7 unspecified atom stereocenters. The molecule has 0 bridgehead atoms. The Morgan fingerprint density at radius 3 is 2.38 bits per heavy atom. The number of allylic oxidation sites excluding steroid dienone is 6. The van der Waals surface area contributed by atoms with Crippen molar-refractivity contribution in [1.29, 1.82) is 0 Å². The summed E-state index contributed by atoms with van der Waals surface area (Å²) in [5.41, 5.74) is 3.50. The van der Waals surface area contributed by atoms with E-state index >= 15 is 0 Å². The minimum absolute atomic E-state index is 0.165. The van der Waals surface area contributed by atoms with Gasteiger partial charge in [0, 0.05) is 0 Å². The Hall–Kier alpha value is -0.820. The quantitative estimate of drug-likeness (QED) is 0.550. The third-order valence-corrected chi connectivity index (χ3v) is 10.2. The minimum atomic E-state index is -0.439. The number of fused-ring (bicyclic) bond motifs is 5. The fourth-order valence-corrected chi connectivity index (χ4v) is 8.19. The topological polar surface area (TPSA) is 20.2 Å². The molecule has 4 fully saturated rings. The summed E-state index contributed by atoms with van der Waals surface area (Å²) in [5.74, 6) is 3.40. The Kier molecular flexibility index (Phi) is 3.72. The van der Waals surface area contributed by atoms with Crippen molar-refractivity contribution in [3.05, 3.63) is 35.5 Å². The lowest BCUT2D eigenvalue weighted by atomic mass is 9.44. The van der Waals surface area contributed by atoms with E-state index in [0.717, 1.165) is 30.1 Å². The molecular weight excluding hydrogens is 316 g/mol. The van der Waals surface area contributed by atoms with Gasteiger partial charge in [0.15, 0.2) is 0 Å². The SMILES string of the molecule is CC12CCC(=C3C=CC=C3)CC1CCC1C2CCC2(C)C1CCC2(C)O. The predicted octanol–water partition coefficient (Wildman–Crippen LogP) is 6.20. The molecule has 1 nitrogen and oxygen atoms in total. The average Bonchev–Trinajstić information content (AvgIpc) is 3.21. The molecule has 1 N–H and O–H groups in total. The van der Waals surface area contributed by atoms with Crippen molar-refractivity contribution in [3.63, 3.8) is 0 Å². The summed E-state index contributed by atoms with van der Waals surface area (Å²) in [6, 6.07) is 0.